The topological polar surface area (TPSA) is 48.6 Å². The van der Waals surface area contributed by atoms with E-state index >= 15 is 0 Å². The summed E-state index contributed by atoms with van der Waals surface area (Å²) in [5.74, 6) is 1.56. The van der Waals surface area contributed by atoms with Crippen LogP contribution in [0.4, 0.5) is 0 Å². The molecule has 1 saturated carbocycles. The van der Waals surface area contributed by atoms with E-state index < -0.39 is 0 Å². The van der Waals surface area contributed by atoms with Crippen LogP contribution in [0.5, 0.6) is 0 Å². The minimum absolute atomic E-state index is 0.122. The molecular weight excluding hydrogens is 370 g/mol. The molecule has 1 unspecified atom stereocenters. The molecule has 1 aromatic carbocycles. The molecule has 2 fully saturated rings. The van der Waals surface area contributed by atoms with E-state index in [2.05, 4.69) is 13.8 Å². The Bertz CT molecular complexity index is 860. The second-order valence-electron chi connectivity index (χ2n) is 8.63. The summed E-state index contributed by atoms with van der Waals surface area (Å²) < 4.78 is 8.03. The Kier molecular flexibility index (Phi) is 6.38. The number of aromatic nitrogens is 2. The lowest BCUT2D eigenvalue weighted by Crippen LogP contribution is -3.15. The number of fused-ring (bicyclic) bond motifs is 1. The molecule has 4 rings (SSSR count). The van der Waals surface area contributed by atoms with Gasteiger partial charge in [-0.15, -0.1) is 0 Å². The second kappa shape index (κ2) is 8.97. The quantitative estimate of drug-likeness (QED) is 0.596. The summed E-state index contributed by atoms with van der Waals surface area (Å²) in [4.78, 5) is 19.8. The Morgan fingerprint density at radius 3 is 2.86 bits per heavy atom. The van der Waals surface area contributed by atoms with Crippen LogP contribution in [0.25, 0.3) is 10.9 Å². The molecule has 2 aliphatic rings. The lowest BCUT2D eigenvalue weighted by atomic mass is 10.2. The van der Waals surface area contributed by atoms with Gasteiger partial charge in [0.05, 0.1) is 24.1 Å². The molecule has 2 heterocycles. The number of rotatable bonds is 6. The van der Waals surface area contributed by atoms with Crippen molar-refractivity contribution >= 4 is 22.7 Å². The van der Waals surface area contributed by atoms with Crippen LogP contribution in [-0.4, -0.2) is 47.6 Å². The zero-order valence-electron chi connectivity index (χ0n) is 17.0. The summed E-state index contributed by atoms with van der Waals surface area (Å²) in [5, 5.41) is 1.61. The first-order valence-corrected chi connectivity index (χ1v) is 11.7. The highest BCUT2D eigenvalue weighted by Crippen LogP contribution is 2.32. The molecule has 28 heavy (non-hydrogen) atoms. The number of thioether (sulfide) groups is 1. The molecule has 0 radical (unpaired) electrons. The fourth-order valence-electron chi connectivity index (χ4n) is 4.60. The van der Waals surface area contributed by atoms with Crippen molar-refractivity contribution in [3.8, 4) is 0 Å². The van der Waals surface area contributed by atoms with Crippen LogP contribution in [0.2, 0.25) is 0 Å². The maximum atomic E-state index is 13.2. The summed E-state index contributed by atoms with van der Waals surface area (Å²) in [5.41, 5.74) is 0.928. The van der Waals surface area contributed by atoms with Gasteiger partial charge in [0.1, 0.15) is 19.2 Å². The SMILES string of the molecule is CC(C)C[NH+]1CCO[C@@H](CSc2nc3ccccc3c(=O)n2C2CCCC2)C1. The molecule has 0 spiro atoms. The van der Waals surface area contributed by atoms with E-state index in [-0.39, 0.29) is 11.7 Å². The van der Waals surface area contributed by atoms with E-state index in [1.54, 1.807) is 16.7 Å². The number of nitrogens with one attached hydrogen (secondary N) is 1. The average molecular weight is 403 g/mol. The molecule has 1 N–H and O–H groups in total. The smallest absolute Gasteiger partial charge is 0.262 e. The lowest BCUT2D eigenvalue weighted by Gasteiger charge is -2.31. The Morgan fingerprint density at radius 2 is 2.07 bits per heavy atom. The Labute approximate surface area is 171 Å². The zero-order valence-corrected chi connectivity index (χ0v) is 17.8. The number of hydrogen-bond donors (Lipinski definition) is 1. The molecule has 6 heteroatoms. The minimum Gasteiger partial charge on any atom is -0.366 e. The molecular formula is C22H32N3O2S+. The molecule has 5 nitrogen and oxygen atoms in total. The van der Waals surface area contributed by atoms with Crippen molar-refractivity contribution in [3.05, 3.63) is 34.6 Å². The van der Waals surface area contributed by atoms with Crippen molar-refractivity contribution in [1.29, 1.82) is 0 Å². The second-order valence-corrected chi connectivity index (χ2v) is 9.62. The Morgan fingerprint density at radius 1 is 1.29 bits per heavy atom. The van der Waals surface area contributed by atoms with Crippen molar-refractivity contribution in [3.63, 3.8) is 0 Å². The van der Waals surface area contributed by atoms with Crippen LogP contribution in [0.15, 0.2) is 34.2 Å². The van der Waals surface area contributed by atoms with Gasteiger partial charge in [-0.3, -0.25) is 9.36 Å². The highest BCUT2D eigenvalue weighted by molar-refractivity contribution is 7.99. The van der Waals surface area contributed by atoms with Crippen LogP contribution in [0.3, 0.4) is 0 Å². The predicted molar refractivity (Wildman–Crippen MR) is 114 cm³/mol. The van der Waals surface area contributed by atoms with E-state index in [1.165, 1.54) is 19.4 Å². The number of ether oxygens (including phenoxy) is 1. The van der Waals surface area contributed by atoms with E-state index in [0.717, 1.165) is 54.4 Å². The average Bonchev–Trinajstić information content (AvgIpc) is 3.20. The normalized spacial score (nSPS) is 23.7. The maximum absolute atomic E-state index is 13.2. The summed E-state index contributed by atoms with van der Waals surface area (Å²) >= 11 is 1.70. The van der Waals surface area contributed by atoms with Gasteiger partial charge in [-0.05, 0) is 25.0 Å². The number of hydrogen-bond acceptors (Lipinski definition) is 4. The van der Waals surface area contributed by atoms with Gasteiger partial charge in [0.15, 0.2) is 5.16 Å². The minimum atomic E-state index is 0.122. The third kappa shape index (κ3) is 4.44. The number of morpholine rings is 1. The largest absolute Gasteiger partial charge is 0.366 e. The van der Waals surface area contributed by atoms with Gasteiger partial charge in [-0.1, -0.05) is 50.6 Å². The number of quaternary nitrogens is 1. The Balaban J connectivity index is 1.55. The van der Waals surface area contributed by atoms with Gasteiger partial charge in [0.25, 0.3) is 5.56 Å². The highest BCUT2D eigenvalue weighted by Gasteiger charge is 2.27. The van der Waals surface area contributed by atoms with Crippen LogP contribution >= 0.6 is 11.8 Å². The standard InChI is InChI=1S/C22H31N3O2S/c1-16(2)13-24-11-12-27-18(14-24)15-28-22-23-20-10-6-5-9-19(20)21(26)25(22)17-7-3-4-8-17/h5-6,9-10,16-18H,3-4,7-8,11-15H2,1-2H3/p+1/t18-/m1/s1. The number of para-hydroxylation sites is 1. The molecule has 1 aliphatic carbocycles. The summed E-state index contributed by atoms with van der Waals surface area (Å²) in [6, 6.07) is 8.04. The maximum Gasteiger partial charge on any atom is 0.262 e. The van der Waals surface area contributed by atoms with Gasteiger partial charge in [0.2, 0.25) is 0 Å². The van der Waals surface area contributed by atoms with E-state index in [9.17, 15) is 4.79 Å². The number of benzene rings is 1. The predicted octanol–water partition coefficient (Wildman–Crippen LogP) is 2.54. The van der Waals surface area contributed by atoms with Gasteiger partial charge >= 0.3 is 0 Å². The van der Waals surface area contributed by atoms with Crippen molar-refractivity contribution < 1.29 is 9.64 Å². The molecule has 1 aromatic heterocycles. The first-order valence-electron chi connectivity index (χ1n) is 10.7. The van der Waals surface area contributed by atoms with Crippen LogP contribution < -0.4 is 10.5 Å². The van der Waals surface area contributed by atoms with Crippen LogP contribution in [0.1, 0.15) is 45.6 Å². The fourth-order valence-corrected chi connectivity index (χ4v) is 5.68. The van der Waals surface area contributed by atoms with E-state index in [1.807, 2.05) is 28.8 Å². The van der Waals surface area contributed by atoms with E-state index in [0.29, 0.717) is 12.0 Å². The first kappa shape index (κ1) is 19.9. The van der Waals surface area contributed by atoms with Gasteiger partial charge in [0, 0.05) is 17.7 Å². The van der Waals surface area contributed by atoms with Crippen molar-refractivity contribution in [2.75, 3.05) is 32.0 Å². The summed E-state index contributed by atoms with van der Waals surface area (Å²) in [6.45, 7) is 8.74. The molecule has 2 atom stereocenters. The molecule has 2 aromatic rings. The molecule has 0 bridgehead atoms. The zero-order chi connectivity index (χ0) is 19.5. The van der Waals surface area contributed by atoms with Crippen molar-refractivity contribution in [2.45, 2.75) is 56.8 Å². The molecule has 1 saturated heterocycles. The third-order valence-electron chi connectivity index (χ3n) is 5.89. The third-order valence-corrected chi connectivity index (χ3v) is 6.97. The summed E-state index contributed by atoms with van der Waals surface area (Å²) in [6.07, 6.45) is 4.80. The summed E-state index contributed by atoms with van der Waals surface area (Å²) in [7, 11) is 0. The van der Waals surface area contributed by atoms with Crippen LogP contribution in [0, 0.1) is 5.92 Å². The number of nitrogens with zero attached hydrogens (tertiary/aromatic N) is 2. The van der Waals surface area contributed by atoms with Crippen LogP contribution in [-0.2, 0) is 4.74 Å². The van der Waals surface area contributed by atoms with Gasteiger partial charge in [-0.2, -0.15) is 0 Å². The molecule has 0 amide bonds. The highest BCUT2D eigenvalue weighted by atomic mass is 32.2. The molecule has 1 aliphatic heterocycles. The lowest BCUT2D eigenvalue weighted by molar-refractivity contribution is -0.914. The van der Waals surface area contributed by atoms with Crippen molar-refractivity contribution in [1.82, 2.24) is 9.55 Å². The first-order chi connectivity index (χ1) is 13.6. The monoisotopic (exact) mass is 402 g/mol. The van der Waals surface area contributed by atoms with Gasteiger partial charge in [-0.25, -0.2) is 4.98 Å². The van der Waals surface area contributed by atoms with Gasteiger partial charge < -0.3 is 9.64 Å². The van der Waals surface area contributed by atoms with E-state index in [4.69, 9.17) is 9.72 Å². The molecule has 152 valence electrons. The van der Waals surface area contributed by atoms with Crippen molar-refractivity contribution in [2.24, 2.45) is 5.92 Å². The fraction of sp³-hybridized carbons (Fsp3) is 0.636. The Hall–Kier alpha value is -1.37.